The van der Waals surface area contributed by atoms with Gasteiger partial charge in [-0.05, 0) is 91.0 Å². The maximum atomic E-state index is 14.0. The fourth-order valence-corrected chi connectivity index (χ4v) is 4.91. The summed E-state index contributed by atoms with van der Waals surface area (Å²) in [4.78, 5) is 0. The molecule has 0 bridgehead atoms. The first kappa shape index (κ1) is 22.2. The van der Waals surface area contributed by atoms with Crippen LogP contribution in [0.1, 0.15) is 5.56 Å². The van der Waals surface area contributed by atoms with Gasteiger partial charge >= 0.3 is 6.18 Å². The van der Waals surface area contributed by atoms with Crippen molar-refractivity contribution in [1.82, 2.24) is 0 Å². The Morgan fingerprint density at radius 1 is 0.472 bits per heavy atom. The van der Waals surface area contributed by atoms with Crippen LogP contribution in [0, 0.1) is 11.6 Å². The number of halogens is 5. The average molecular weight is 484 g/mol. The number of benzene rings is 6. The number of alkyl halides is 3. The highest BCUT2D eigenvalue weighted by molar-refractivity contribution is 6.16. The van der Waals surface area contributed by atoms with Crippen molar-refractivity contribution in [2.75, 3.05) is 0 Å². The predicted octanol–water partition coefficient (Wildman–Crippen LogP) is 9.78. The zero-order valence-electron chi connectivity index (χ0n) is 18.7. The van der Waals surface area contributed by atoms with Crippen LogP contribution in [0.15, 0.2) is 103 Å². The Balaban J connectivity index is 1.67. The summed E-state index contributed by atoms with van der Waals surface area (Å²) in [6.07, 6.45) is -4.45. The fourth-order valence-electron chi connectivity index (χ4n) is 4.91. The standard InChI is InChI=1S/C31H17F5/c32-28-16-18-11-12-21(13-22(18)17-29(28)33)30-25-8-2-1-5-20(25)15-27-24(9-4-10-26(27)30)19-6-3-7-23(14-19)31(34,35)36/h1-17H. The van der Waals surface area contributed by atoms with Gasteiger partial charge in [0.25, 0.3) is 0 Å². The molecule has 5 heteroatoms. The van der Waals surface area contributed by atoms with Gasteiger partial charge in [0.2, 0.25) is 0 Å². The molecule has 0 aromatic heterocycles. The first-order valence-electron chi connectivity index (χ1n) is 11.3. The molecule has 0 amide bonds. The number of fused-ring (bicyclic) bond motifs is 3. The second-order valence-electron chi connectivity index (χ2n) is 8.78. The van der Waals surface area contributed by atoms with Crippen LogP contribution in [0.3, 0.4) is 0 Å². The van der Waals surface area contributed by atoms with Crippen molar-refractivity contribution < 1.29 is 22.0 Å². The van der Waals surface area contributed by atoms with Crippen LogP contribution < -0.4 is 0 Å². The molecular formula is C31H17F5. The number of hydrogen-bond donors (Lipinski definition) is 0. The second kappa shape index (κ2) is 8.16. The van der Waals surface area contributed by atoms with Gasteiger partial charge in [-0.15, -0.1) is 0 Å². The van der Waals surface area contributed by atoms with Crippen LogP contribution in [0.25, 0.3) is 54.6 Å². The van der Waals surface area contributed by atoms with Gasteiger partial charge in [0.15, 0.2) is 11.6 Å². The van der Waals surface area contributed by atoms with Gasteiger partial charge in [-0.25, -0.2) is 8.78 Å². The maximum absolute atomic E-state index is 14.0. The minimum atomic E-state index is -4.45. The molecule has 0 aliphatic carbocycles. The summed E-state index contributed by atoms with van der Waals surface area (Å²) in [5.41, 5.74) is 2.12. The molecule has 0 unspecified atom stereocenters. The Morgan fingerprint density at radius 2 is 1.19 bits per heavy atom. The van der Waals surface area contributed by atoms with Crippen molar-refractivity contribution in [3.63, 3.8) is 0 Å². The maximum Gasteiger partial charge on any atom is 0.416 e. The lowest BCUT2D eigenvalue weighted by Gasteiger charge is -2.16. The van der Waals surface area contributed by atoms with Crippen molar-refractivity contribution in [1.29, 1.82) is 0 Å². The fraction of sp³-hybridized carbons (Fsp3) is 0.0323. The Morgan fingerprint density at radius 3 is 2.00 bits per heavy atom. The monoisotopic (exact) mass is 484 g/mol. The summed E-state index contributed by atoms with van der Waals surface area (Å²) in [5, 5.41) is 4.66. The van der Waals surface area contributed by atoms with E-state index in [4.69, 9.17) is 0 Å². The van der Waals surface area contributed by atoms with Crippen LogP contribution >= 0.6 is 0 Å². The van der Waals surface area contributed by atoms with E-state index < -0.39 is 23.4 Å². The Kier molecular flexibility index (Phi) is 5.04. The van der Waals surface area contributed by atoms with Crippen LogP contribution in [0.2, 0.25) is 0 Å². The molecule has 0 fully saturated rings. The van der Waals surface area contributed by atoms with E-state index in [0.717, 1.165) is 44.8 Å². The molecule has 0 spiro atoms. The highest BCUT2D eigenvalue weighted by atomic mass is 19.4. The van der Waals surface area contributed by atoms with Gasteiger partial charge in [0.05, 0.1) is 5.56 Å². The molecule has 0 radical (unpaired) electrons. The summed E-state index contributed by atoms with van der Waals surface area (Å²) in [6.45, 7) is 0. The summed E-state index contributed by atoms with van der Waals surface area (Å²) in [7, 11) is 0. The molecule has 0 saturated heterocycles. The van der Waals surface area contributed by atoms with Crippen molar-refractivity contribution >= 4 is 32.3 Å². The topological polar surface area (TPSA) is 0 Å². The van der Waals surface area contributed by atoms with E-state index in [-0.39, 0.29) is 0 Å². The SMILES string of the molecule is Fc1cc2ccc(-c3c4ccccc4cc4c(-c5cccc(C(F)(F)F)c5)cccc34)cc2cc1F. The van der Waals surface area contributed by atoms with E-state index >= 15 is 0 Å². The third kappa shape index (κ3) is 3.68. The highest BCUT2D eigenvalue weighted by Crippen LogP contribution is 2.42. The molecule has 6 aromatic carbocycles. The summed E-state index contributed by atoms with van der Waals surface area (Å²) in [6, 6.07) is 28.4. The van der Waals surface area contributed by atoms with Gasteiger partial charge < -0.3 is 0 Å². The van der Waals surface area contributed by atoms with Gasteiger partial charge in [-0.1, -0.05) is 66.7 Å². The Hall–Kier alpha value is -4.25. The molecule has 0 N–H and O–H groups in total. The van der Waals surface area contributed by atoms with Crippen molar-refractivity contribution in [2.24, 2.45) is 0 Å². The minimum absolute atomic E-state index is 0.465. The number of hydrogen-bond acceptors (Lipinski definition) is 0. The van der Waals surface area contributed by atoms with Gasteiger partial charge in [0.1, 0.15) is 0 Å². The minimum Gasteiger partial charge on any atom is -0.204 e. The lowest BCUT2D eigenvalue weighted by Crippen LogP contribution is -2.04. The molecular weight excluding hydrogens is 467 g/mol. The molecule has 0 aliphatic heterocycles. The van der Waals surface area contributed by atoms with Crippen LogP contribution in [0.5, 0.6) is 0 Å². The molecule has 0 heterocycles. The zero-order chi connectivity index (χ0) is 25.0. The molecule has 176 valence electrons. The van der Waals surface area contributed by atoms with E-state index in [1.54, 1.807) is 12.1 Å². The third-order valence-corrected chi connectivity index (χ3v) is 6.57. The zero-order valence-corrected chi connectivity index (χ0v) is 18.7. The van der Waals surface area contributed by atoms with E-state index in [9.17, 15) is 22.0 Å². The first-order chi connectivity index (χ1) is 17.3. The second-order valence-corrected chi connectivity index (χ2v) is 8.78. The quantitative estimate of drug-likeness (QED) is 0.169. The first-order valence-corrected chi connectivity index (χ1v) is 11.3. The Bertz CT molecular complexity index is 1800. The van der Waals surface area contributed by atoms with E-state index in [1.807, 2.05) is 60.7 Å². The third-order valence-electron chi connectivity index (χ3n) is 6.57. The lowest BCUT2D eigenvalue weighted by atomic mass is 9.88. The Labute approximate surface area is 203 Å². The van der Waals surface area contributed by atoms with Gasteiger partial charge in [-0.3, -0.25) is 0 Å². The van der Waals surface area contributed by atoms with Crippen molar-refractivity contribution in [3.05, 3.63) is 120 Å². The molecule has 0 aliphatic rings. The smallest absolute Gasteiger partial charge is 0.204 e. The largest absolute Gasteiger partial charge is 0.416 e. The molecule has 6 aromatic rings. The molecule has 0 saturated carbocycles. The van der Waals surface area contributed by atoms with Crippen LogP contribution in [0.4, 0.5) is 22.0 Å². The number of rotatable bonds is 2. The van der Waals surface area contributed by atoms with Gasteiger partial charge in [-0.2, -0.15) is 13.2 Å². The van der Waals surface area contributed by atoms with Crippen LogP contribution in [-0.2, 0) is 6.18 Å². The predicted molar refractivity (Wildman–Crippen MR) is 135 cm³/mol. The molecule has 36 heavy (non-hydrogen) atoms. The summed E-state index contributed by atoms with van der Waals surface area (Å²) >= 11 is 0. The van der Waals surface area contributed by atoms with Crippen molar-refractivity contribution in [2.45, 2.75) is 6.18 Å². The van der Waals surface area contributed by atoms with Crippen molar-refractivity contribution in [3.8, 4) is 22.3 Å². The molecule has 0 nitrogen and oxygen atoms in total. The van der Waals surface area contributed by atoms with Gasteiger partial charge in [0, 0.05) is 0 Å². The van der Waals surface area contributed by atoms with Crippen LogP contribution in [-0.4, -0.2) is 0 Å². The summed E-state index contributed by atoms with van der Waals surface area (Å²) in [5.74, 6) is -1.83. The normalized spacial score (nSPS) is 12.0. The highest BCUT2D eigenvalue weighted by Gasteiger charge is 2.30. The molecule has 6 rings (SSSR count). The summed E-state index contributed by atoms with van der Waals surface area (Å²) < 4.78 is 68.0. The molecule has 0 atom stereocenters. The average Bonchev–Trinajstić information content (AvgIpc) is 2.87. The van der Waals surface area contributed by atoms with E-state index in [0.29, 0.717) is 21.9 Å². The lowest BCUT2D eigenvalue weighted by molar-refractivity contribution is -0.137. The van der Waals surface area contributed by atoms with E-state index in [1.165, 1.54) is 18.2 Å². The van der Waals surface area contributed by atoms with E-state index in [2.05, 4.69) is 0 Å².